The molecule has 1 aromatic carbocycles. The number of hydrogen-bond acceptors (Lipinski definition) is 4. The van der Waals surface area contributed by atoms with Crippen molar-refractivity contribution in [1.82, 2.24) is 14.6 Å². The van der Waals surface area contributed by atoms with Crippen molar-refractivity contribution in [1.29, 1.82) is 0 Å². The number of aromatic amines is 1. The highest BCUT2D eigenvalue weighted by atomic mass is 32.2. The fourth-order valence-electron chi connectivity index (χ4n) is 3.55. The Kier molecular flexibility index (Phi) is 5.90. The number of sulfonamides is 1. The van der Waals surface area contributed by atoms with Crippen molar-refractivity contribution in [3.05, 3.63) is 40.2 Å². The van der Waals surface area contributed by atoms with Crippen LogP contribution < -0.4 is 10.9 Å². The van der Waals surface area contributed by atoms with Crippen LogP contribution in [0, 0.1) is 0 Å². The summed E-state index contributed by atoms with van der Waals surface area (Å²) < 4.78 is 27.9. The first-order valence-corrected chi connectivity index (χ1v) is 11.2. The van der Waals surface area contributed by atoms with Crippen molar-refractivity contribution < 1.29 is 13.2 Å². The fourth-order valence-corrected chi connectivity index (χ4v) is 5.28. The molecule has 28 heavy (non-hydrogen) atoms. The predicted molar refractivity (Wildman–Crippen MR) is 109 cm³/mol. The van der Waals surface area contributed by atoms with E-state index in [1.165, 1.54) is 22.5 Å². The lowest BCUT2D eigenvalue weighted by molar-refractivity contribution is 0.0940. The molecule has 0 saturated carbocycles. The zero-order valence-electron chi connectivity index (χ0n) is 16.5. The van der Waals surface area contributed by atoms with Crippen LogP contribution in [0.25, 0.3) is 10.9 Å². The Morgan fingerprint density at radius 2 is 2.07 bits per heavy atom. The van der Waals surface area contributed by atoms with Gasteiger partial charge in [-0.25, -0.2) is 8.42 Å². The van der Waals surface area contributed by atoms with Gasteiger partial charge >= 0.3 is 0 Å². The number of H-pyrrole nitrogens is 1. The molecule has 2 atom stereocenters. The summed E-state index contributed by atoms with van der Waals surface area (Å²) in [5, 5.41) is 3.26. The van der Waals surface area contributed by atoms with Crippen LogP contribution in [0.5, 0.6) is 0 Å². The highest BCUT2D eigenvalue weighted by Gasteiger charge is 2.31. The standard InChI is InChI=1S/C20H27N3O4S/c1-4-13(2)21-20(25)17-12-19(24)22-18-9-8-15(11-16(17)18)28(26,27)23-10-6-5-7-14(23)3/h8-9,11-14H,4-7,10H2,1-3H3,(H,21,25)(H,22,24). The molecule has 1 saturated heterocycles. The number of fused-ring (bicyclic) bond motifs is 1. The number of carbonyl (C=O) groups excluding carboxylic acids is 1. The van der Waals surface area contributed by atoms with E-state index in [4.69, 9.17) is 0 Å². The van der Waals surface area contributed by atoms with E-state index >= 15 is 0 Å². The molecule has 1 amide bonds. The predicted octanol–water partition coefficient (Wildman–Crippen LogP) is 2.62. The van der Waals surface area contributed by atoms with Gasteiger partial charge < -0.3 is 10.3 Å². The maximum atomic E-state index is 13.2. The minimum Gasteiger partial charge on any atom is -0.350 e. The molecule has 2 N–H and O–H groups in total. The Morgan fingerprint density at radius 1 is 1.32 bits per heavy atom. The topological polar surface area (TPSA) is 99.3 Å². The smallest absolute Gasteiger partial charge is 0.252 e. The van der Waals surface area contributed by atoms with Gasteiger partial charge in [0, 0.05) is 35.6 Å². The third kappa shape index (κ3) is 3.98. The van der Waals surface area contributed by atoms with E-state index in [-0.39, 0.29) is 28.4 Å². The number of carbonyl (C=O) groups is 1. The lowest BCUT2D eigenvalue weighted by Gasteiger charge is -2.32. The van der Waals surface area contributed by atoms with E-state index in [0.717, 1.165) is 25.7 Å². The van der Waals surface area contributed by atoms with Gasteiger partial charge in [-0.3, -0.25) is 9.59 Å². The van der Waals surface area contributed by atoms with E-state index in [9.17, 15) is 18.0 Å². The van der Waals surface area contributed by atoms with E-state index in [2.05, 4.69) is 10.3 Å². The summed E-state index contributed by atoms with van der Waals surface area (Å²) in [6, 6.07) is 5.65. The number of amides is 1. The summed E-state index contributed by atoms with van der Waals surface area (Å²) in [7, 11) is -3.67. The van der Waals surface area contributed by atoms with Crippen molar-refractivity contribution in [2.45, 2.75) is 63.4 Å². The maximum Gasteiger partial charge on any atom is 0.252 e. The second-order valence-electron chi connectivity index (χ2n) is 7.50. The maximum absolute atomic E-state index is 13.2. The summed E-state index contributed by atoms with van der Waals surface area (Å²) in [5.74, 6) is -0.383. The molecule has 2 aromatic rings. The van der Waals surface area contributed by atoms with Crippen molar-refractivity contribution in [2.24, 2.45) is 0 Å². The van der Waals surface area contributed by atoms with Crippen molar-refractivity contribution in [3.8, 4) is 0 Å². The van der Waals surface area contributed by atoms with Gasteiger partial charge in [-0.2, -0.15) is 4.31 Å². The summed E-state index contributed by atoms with van der Waals surface area (Å²) in [6.45, 7) is 6.24. The van der Waals surface area contributed by atoms with Crippen LogP contribution in [-0.2, 0) is 10.0 Å². The zero-order chi connectivity index (χ0) is 20.5. The molecule has 0 spiro atoms. The van der Waals surface area contributed by atoms with Crippen molar-refractivity contribution in [2.75, 3.05) is 6.54 Å². The summed E-state index contributed by atoms with van der Waals surface area (Å²) >= 11 is 0. The lowest BCUT2D eigenvalue weighted by Crippen LogP contribution is -2.41. The van der Waals surface area contributed by atoms with E-state index in [1.54, 1.807) is 6.07 Å². The zero-order valence-corrected chi connectivity index (χ0v) is 17.3. The monoisotopic (exact) mass is 405 g/mol. The molecule has 2 unspecified atom stereocenters. The number of piperidine rings is 1. The number of rotatable bonds is 5. The fraction of sp³-hybridized carbons (Fsp3) is 0.500. The van der Waals surface area contributed by atoms with Crippen LogP contribution in [0.1, 0.15) is 56.8 Å². The van der Waals surface area contributed by atoms with Gasteiger partial charge in [0.15, 0.2) is 0 Å². The van der Waals surface area contributed by atoms with Crippen LogP contribution >= 0.6 is 0 Å². The van der Waals surface area contributed by atoms with Gasteiger partial charge in [0.05, 0.1) is 10.5 Å². The number of pyridine rings is 1. The van der Waals surface area contributed by atoms with Crippen LogP contribution in [0.15, 0.2) is 34.0 Å². The molecule has 8 heteroatoms. The Morgan fingerprint density at radius 3 is 2.75 bits per heavy atom. The van der Waals surface area contributed by atoms with Gasteiger partial charge in [0.25, 0.3) is 5.91 Å². The second kappa shape index (κ2) is 8.05. The lowest BCUT2D eigenvalue weighted by atomic mass is 10.1. The molecule has 1 aliphatic heterocycles. The van der Waals surface area contributed by atoms with Gasteiger partial charge in [-0.1, -0.05) is 13.3 Å². The summed E-state index contributed by atoms with van der Waals surface area (Å²) in [4.78, 5) is 27.5. The van der Waals surface area contributed by atoms with E-state index in [0.29, 0.717) is 17.4 Å². The number of nitrogens with zero attached hydrogens (tertiary/aromatic N) is 1. The SMILES string of the molecule is CCC(C)NC(=O)c1cc(=O)[nH]c2ccc(S(=O)(=O)N3CCCCC3C)cc12. The average Bonchev–Trinajstić information content (AvgIpc) is 2.66. The molecule has 1 aliphatic rings. The number of hydrogen-bond donors (Lipinski definition) is 2. The minimum absolute atomic E-state index is 0.0528. The second-order valence-corrected chi connectivity index (χ2v) is 9.39. The first-order chi connectivity index (χ1) is 13.2. The molecule has 152 valence electrons. The Balaban J connectivity index is 2.09. The molecule has 0 radical (unpaired) electrons. The molecule has 3 rings (SSSR count). The average molecular weight is 406 g/mol. The number of aromatic nitrogens is 1. The van der Waals surface area contributed by atoms with Crippen LogP contribution in [0.2, 0.25) is 0 Å². The number of benzene rings is 1. The van der Waals surface area contributed by atoms with Gasteiger partial charge in [-0.15, -0.1) is 0 Å². The Labute approximate surface area is 165 Å². The minimum atomic E-state index is -3.67. The number of nitrogens with one attached hydrogen (secondary N) is 2. The van der Waals surface area contributed by atoms with E-state index < -0.39 is 15.6 Å². The first kappa shape index (κ1) is 20.5. The highest BCUT2D eigenvalue weighted by Crippen LogP contribution is 2.27. The quantitative estimate of drug-likeness (QED) is 0.799. The highest BCUT2D eigenvalue weighted by molar-refractivity contribution is 7.89. The summed E-state index contributed by atoms with van der Waals surface area (Å²) in [6.07, 6.45) is 3.45. The van der Waals surface area contributed by atoms with Crippen LogP contribution in [-0.4, -0.2) is 42.2 Å². The van der Waals surface area contributed by atoms with Crippen LogP contribution in [0.4, 0.5) is 0 Å². The van der Waals surface area contributed by atoms with Crippen molar-refractivity contribution in [3.63, 3.8) is 0 Å². The van der Waals surface area contributed by atoms with Gasteiger partial charge in [0.1, 0.15) is 0 Å². The third-order valence-electron chi connectivity index (χ3n) is 5.40. The summed E-state index contributed by atoms with van der Waals surface area (Å²) in [5.41, 5.74) is 0.220. The normalized spacial score (nSPS) is 19.5. The third-order valence-corrected chi connectivity index (χ3v) is 7.41. The molecule has 7 nitrogen and oxygen atoms in total. The molecule has 1 aromatic heterocycles. The van der Waals surface area contributed by atoms with Gasteiger partial charge in [0.2, 0.25) is 15.6 Å². The van der Waals surface area contributed by atoms with Crippen molar-refractivity contribution >= 4 is 26.8 Å². The Hall–Kier alpha value is -2.19. The molecular weight excluding hydrogens is 378 g/mol. The van der Waals surface area contributed by atoms with Crippen LogP contribution in [0.3, 0.4) is 0 Å². The van der Waals surface area contributed by atoms with Gasteiger partial charge in [-0.05, 0) is 51.3 Å². The molecule has 0 aliphatic carbocycles. The largest absolute Gasteiger partial charge is 0.350 e. The first-order valence-electron chi connectivity index (χ1n) is 9.74. The molecule has 2 heterocycles. The van der Waals surface area contributed by atoms with E-state index in [1.807, 2.05) is 20.8 Å². The molecular formula is C20H27N3O4S. The molecule has 1 fully saturated rings. The Bertz CT molecular complexity index is 1050. The molecule has 0 bridgehead atoms.